The Kier molecular flexibility index (Phi) is 8.32. The van der Waals surface area contributed by atoms with E-state index >= 15 is 0 Å². The van der Waals surface area contributed by atoms with Gasteiger partial charge in [-0.25, -0.2) is 4.39 Å². The van der Waals surface area contributed by atoms with E-state index < -0.39 is 17.8 Å². The molecule has 2 aliphatic heterocycles. The Morgan fingerprint density at radius 1 is 1.07 bits per heavy atom. The fourth-order valence-corrected chi connectivity index (χ4v) is 5.26. The van der Waals surface area contributed by atoms with E-state index in [2.05, 4.69) is 10.6 Å². The molecule has 1 saturated heterocycles. The molecule has 0 saturated carbocycles. The van der Waals surface area contributed by atoms with Crippen LogP contribution in [0.5, 0.6) is 5.75 Å². The number of amides is 3. The van der Waals surface area contributed by atoms with Crippen molar-refractivity contribution in [1.82, 2.24) is 10.2 Å². The summed E-state index contributed by atoms with van der Waals surface area (Å²) in [5.74, 6) is -1.05. The molecule has 1 fully saturated rings. The predicted octanol–water partition coefficient (Wildman–Crippen LogP) is 4.82. The first-order valence-corrected chi connectivity index (χ1v) is 13.4. The summed E-state index contributed by atoms with van der Waals surface area (Å²) in [6, 6.07) is 17.3. The second-order valence-electron chi connectivity index (χ2n) is 9.92. The molecule has 2 aliphatic rings. The molecule has 3 aromatic rings. The maximum absolute atomic E-state index is 13.5. The summed E-state index contributed by atoms with van der Waals surface area (Å²) in [5.41, 5.74) is 1.70. The topological polar surface area (TPSA) is 97.0 Å². The fourth-order valence-electron chi connectivity index (χ4n) is 5.05. The van der Waals surface area contributed by atoms with Crippen molar-refractivity contribution in [3.63, 3.8) is 0 Å². The molecule has 208 valence electrons. The van der Waals surface area contributed by atoms with Crippen molar-refractivity contribution in [2.24, 2.45) is 0 Å². The second-order valence-corrected chi connectivity index (χ2v) is 10.3. The number of anilines is 1. The molecule has 0 aromatic heterocycles. The monoisotopic (exact) mass is 565 g/mol. The van der Waals surface area contributed by atoms with Gasteiger partial charge in [0.1, 0.15) is 24.3 Å². The molecule has 3 aromatic carbocycles. The molecule has 5 rings (SSSR count). The number of likely N-dealkylation sites (N-methyl/N-ethyl adjacent to an activating group) is 1. The maximum Gasteiger partial charge on any atom is 0.257 e. The molecule has 8 nitrogen and oxygen atoms in total. The van der Waals surface area contributed by atoms with Crippen LogP contribution < -0.4 is 15.4 Å². The van der Waals surface area contributed by atoms with Crippen LogP contribution in [-0.4, -0.2) is 54.5 Å². The minimum Gasteiger partial charge on any atom is -0.490 e. The molecular weight excluding hydrogens is 537 g/mol. The quantitative estimate of drug-likeness (QED) is 0.447. The highest BCUT2D eigenvalue weighted by atomic mass is 35.5. The van der Waals surface area contributed by atoms with Crippen LogP contribution in [0.3, 0.4) is 0 Å². The first-order valence-electron chi connectivity index (χ1n) is 13.0. The lowest BCUT2D eigenvalue weighted by molar-refractivity contribution is -0.134. The van der Waals surface area contributed by atoms with Crippen LogP contribution in [0.15, 0.2) is 66.7 Å². The van der Waals surface area contributed by atoms with Crippen LogP contribution in [0.25, 0.3) is 0 Å². The van der Waals surface area contributed by atoms with Gasteiger partial charge in [-0.05, 0) is 60.9 Å². The van der Waals surface area contributed by atoms with Crippen LogP contribution in [0, 0.1) is 5.82 Å². The van der Waals surface area contributed by atoms with Crippen LogP contribution in [0.2, 0.25) is 5.02 Å². The lowest BCUT2D eigenvalue weighted by Gasteiger charge is -2.42. The first-order chi connectivity index (χ1) is 19.3. The molecule has 0 radical (unpaired) electrons. The van der Waals surface area contributed by atoms with E-state index in [-0.39, 0.29) is 42.6 Å². The fraction of sp³-hybridized carbons (Fsp3) is 0.300. The average Bonchev–Trinajstić information content (AvgIpc) is 2.95. The lowest BCUT2D eigenvalue weighted by atomic mass is 9.94. The molecule has 0 bridgehead atoms. The summed E-state index contributed by atoms with van der Waals surface area (Å²) < 4.78 is 25.8. The smallest absolute Gasteiger partial charge is 0.257 e. The van der Waals surface area contributed by atoms with Crippen molar-refractivity contribution in [3.05, 3.63) is 94.3 Å². The maximum atomic E-state index is 13.5. The summed E-state index contributed by atoms with van der Waals surface area (Å²) in [4.78, 5) is 40.3. The Balaban J connectivity index is 1.22. The SMILES string of the molecule is CN1C(=O)c2cc(NC(=O)c3cccc(F)c3)ccc2OC[C@H]2O[C@@H](CC(=O)NCc3ccccc3Cl)CC[C@@H]21. The molecule has 0 aliphatic carbocycles. The van der Waals surface area contributed by atoms with Crippen LogP contribution >= 0.6 is 11.6 Å². The standard InChI is InChI=1S/C30H29ClFN3O5/c1-35-25-11-10-22(15-28(36)33-16-19-5-2-3-8-24(19)31)40-27(25)17-39-26-12-9-21(14-23(26)30(35)38)34-29(37)18-6-4-7-20(32)13-18/h2-9,12-14,22,25,27H,10-11,15-17H2,1H3,(H,33,36)(H,34,37)/t22-,25+,27-/m1/s1. The van der Waals surface area contributed by atoms with Gasteiger partial charge in [-0.2, -0.15) is 0 Å². The van der Waals surface area contributed by atoms with Crippen LogP contribution in [-0.2, 0) is 16.1 Å². The Morgan fingerprint density at radius 3 is 2.70 bits per heavy atom. The van der Waals surface area contributed by atoms with E-state index in [1.807, 2.05) is 18.2 Å². The van der Waals surface area contributed by atoms with Crippen molar-refractivity contribution in [3.8, 4) is 5.75 Å². The van der Waals surface area contributed by atoms with Gasteiger partial charge in [0.25, 0.3) is 11.8 Å². The zero-order valence-corrected chi connectivity index (χ0v) is 22.6. The third-order valence-corrected chi connectivity index (χ3v) is 7.57. The summed E-state index contributed by atoms with van der Waals surface area (Å²) in [6.07, 6.45) is 0.721. The molecule has 0 unspecified atom stereocenters. The number of fused-ring (bicyclic) bond motifs is 2. The summed E-state index contributed by atoms with van der Waals surface area (Å²) in [6.45, 7) is 0.529. The van der Waals surface area contributed by atoms with Gasteiger partial charge in [0.15, 0.2) is 0 Å². The highest BCUT2D eigenvalue weighted by Crippen LogP contribution is 2.32. The normalized spacial score (nSPS) is 20.3. The number of halogens is 2. The van der Waals surface area contributed by atoms with Gasteiger partial charge >= 0.3 is 0 Å². The number of nitrogens with zero attached hydrogens (tertiary/aromatic N) is 1. The highest BCUT2D eigenvalue weighted by Gasteiger charge is 2.39. The number of hydrogen-bond acceptors (Lipinski definition) is 5. The highest BCUT2D eigenvalue weighted by molar-refractivity contribution is 6.31. The van der Waals surface area contributed by atoms with E-state index in [1.165, 1.54) is 18.2 Å². The summed E-state index contributed by atoms with van der Waals surface area (Å²) in [5, 5.41) is 6.20. The van der Waals surface area contributed by atoms with E-state index in [1.54, 1.807) is 36.2 Å². The van der Waals surface area contributed by atoms with Crippen molar-refractivity contribution >= 4 is 35.0 Å². The number of benzene rings is 3. The molecule has 3 atom stereocenters. The zero-order valence-electron chi connectivity index (χ0n) is 21.9. The Bertz CT molecular complexity index is 1430. The second kappa shape index (κ2) is 12.1. The number of ether oxygens (including phenoxy) is 2. The van der Waals surface area contributed by atoms with Gasteiger partial charge in [-0.1, -0.05) is 35.9 Å². The molecule has 2 heterocycles. The van der Waals surface area contributed by atoms with E-state index in [4.69, 9.17) is 21.1 Å². The summed E-state index contributed by atoms with van der Waals surface area (Å²) in [7, 11) is 1.72. The number of carbonyl (C=O) groups excluding carboxylic acids is 3. The molecule has 40 heavy (non-hydrogen) atoms. The van der Waals surface area contributed by atoms with Crippen molar-refractivity contribution in [1.29, 1.82) is 0 Å². The van der Waals surface area contributed by atoms with Crippen molar-refractivity contribution in [2.45, 2.75) is 44.1 Å². The Labute approximate surface area is 236 Å². The van der Waals surface area contributed by atoms with Gasteiger partial charge in [0, 0.05) is 29.9 Å². The van der Waals surface area contributed by atoms with Gasteiger partial charge in [-0.3, -0.25) is 14.4 Å². The van der Waals surface area contributed by atoms with Crippen LogP contribution in [0.1, 0.15) is 45.5 Å². The van der Waals surface area contributed by atoms with Gasteiger partial charge in [-0.15, -0.1) is 0 Å². The van der Waals surface area contributed by atoms with Gasteiger partial charge in [0.05, 0.1) is 24.1 Å². The first kappa shape index (κ1) is 27.6. The Hall–Kier alpha value is -3.95. The van der Waals surface area contributed by atoms with E-state index in [0.29, 0.717) is 41.4 Å². The van der Waals surface area contributed by atoms with Crippen molar-refractivity contribution < 1.29 is 28.2 Å². The lowest BCUT2D eigenvalue weighted by Crippen LogP contribution is -2.53. The largest absolute Gasteiger partial charge is 0.490 e. The van der Waals surface area contributed by atoms with E-state index in [0.717, 1.165) is 11.6 Å². The van der Waals surface area contributed by atoms with Gasteiger partial charge < -0.3 is 25.0 Å². The molecule has 10 heteroatoms. The van der Waals surface area contributed by atoms with Crippen molar-refractivity contribution in [2.75, 3.05) is 19.0 Å². The van der Waals surface area contributed by atoms with Crippen LogP contribution in [0.4, 0.5) is 10.1 Å². The Morgan fingerprint density at radius 2 is 1.90 bits per heavy atom. The van der Waals surface area contributed by atoms with Gasteiger partial charge in [0.2, 0.25) is 5.91 Å². The number of rotatable bonds is 6. The van der Waals surface area contributed by atoms with E-state index in [9.17, 15) is 18.8 Å². The average molecular weight is 566 g/mol. The number of hydrogen-bond donors (Lipinski definition) is 2. The minimum atomic E-state index is -0.514. The molecule has 0 spiro atoms. The third kappa shape index (κ3) is 6.26. The third-order valence-electron chi connectivity index (χ3n) is 7.20. The molecular formula is C30H29ClFN3O5. The summed E-state index contributed by atoms with van der Waals surface area (Å²) >= 11 is 6.17. The zero-order chi connectivity index (χ0) is 28.2. The minimum absolute atomic E-state index is 0.141. The molecule has 2 N–H and O–H groups in total. The number of carbonyl (C=O) groups is 3. The predicted molar refractivity (Wildman–Crippen MR) is 148 cm³/mol. The molecule has 3 amide bonds. The number of nitrogens with one attached hydrogen (secondary N) is 2.